The van der Waals surface area contributed by atoms with E-state index in [1.807, 2.05) is 19.1 Å². The van der Waals surface area contributed by atoms with Crippen LogP contribution in [0.5, 0.6) is 0 Å². The lowest BCUT2D eigenvalue weighted by molar-refractivity contribution is -0.150. The van der Waals surface area contributed by atoms with Gasteiger partial charge in [0.25, 0.3) is 5.91 Å². The lowest BCUT2D eigenvalue weighted by Gasteiger charge is -2.26. The van der Waals surface area contributed by atoms with Gasteiger partial charge in [0, 0.05) is 0 Å². The molecule has 0 aromatic heterocycles. The SMILES string of the molecule is C[C@@H]1C[C@H]1C(=O)OCC(=O)N[C@@H]1CCCc2ccccc21. The highest BCUT2D eigenvalue weighted by atomic mass is 16.5. The Hall–Kier alpha value is -1.84. The van der Waals surface area contributed by atoms with Crippen molar-refractivity contribution in [3.05, 3.63) is 35.4 Å². The zero-order valence-corrected chi connectivity index (χ0v) is 12.3. The van der Waals surface area contributed by atoms with Gasteiger partial charge < -0.3 is 10.1 Å². The Labute approximate surface area is 124 Å². The molecule has 1 N–H and O–H groups in total. The van der Waals surface area contributed by atoms with Gasteiger partial charge in [-0.2, -0.15) is 0 Å². The molecule has 1 saturated carbocycles. The van der Waals surface area contributed by atoms with E-state index in [-0.39, 0.29) is 30.4 Å². The van der Waals surface area contributed by atoms with E-state index in [0.29, 0.717) is 5.92 Å². The quantitative estimate of drug-likeness (QED) is 0.865. The van der Waals surface area contributed by atoms with E-state index in [4.69, 9.17) is 4.74 Å². The van der Waals surface area contributed by atoms with Crippen molar-refractivity contribution in [2.45, 2.75) is 38.6 Å². The maximum atomic E-state index is 12.0. The Balaban J connectivity index is 1.52. The number of aryl methyl sites for hydroxylation is 1. The smallest absolute Gasteiger partial charge is 0.309 e. The van der Waals surface area contributed by atoms with E-state index in [1.165, 1.54) is 11.1 Å². The fraction of sp³-hybridized carbons (Fsp3) is 0.529. The standard InChI is InChI=1S/C17H21NO3/c1-11-9-14(11)17(20)21-10-16(19)18-15-8-4-6-12-5-2-3-7-13(12)15/h2-3,5,7,11,14-15H,4,6,8-10H2,1H3,(H,18,19)/t11-,14-,15-/m1/s1. The molecule has 3 atom stereocenters. The molecule has 0 unspecified atom stereocenters. The van der Waals surface area contributed by atoms with Crippen LogP contribution in [0.25, 0.3) is 0 Å². The Kier molecular flexibility index (Phi) is 3.95. The number of fused-ring (bicyclic) bond motifs is 1. The molecule has 1 aromatic carbocycles. The molecule has 1 aromatic rings. The second kappa shape index (κ2) is 5.88. The number of carbonyl (C=O) groups is 2. The summed E-state index contributed by atoms with van der Waals surface area (Å²) in [6, 6.07) is 8.25. The summed E-state index contributed by atoms with van der Waals surface area (Å²) in [6.45, 7) is 1.85. The molecule has 0 spiro atoms. The van der Waals surface area contributed by atoms with Crippen molar-refractivity contribution < 1.29 is 14.3 Å². The Bertz CT molecular complexity index is 555. The summed E-state index contributed by atoms with van der Waals surface area (Å²) in [5.74, 6) is -0.0287. The molecule has 0 radical (unpaired) electrons. The largest absolute Gasteiger partial charge is 0.455 e. The van der Waals surface area contributed by atoms with Crippen molar-refractivity contribution in [2.24, 2.45) is 11.8 Å². The summed E-state index contributed by atoms with van der Waals surface area (Å²) in [5.41, 5.74) is 2.50. The average molecular weight is 287 g/mol. The summed E-state index contributed by atoms with van der Waals surface area (Å²) in [4.78, 5) is 23.6. The van der Waals surface area contributed by atoms with E-state index < -0.39 is 0 Å². The van der Waals surface area contributed by atoms with Crippen molar-refractivity contribution >= 4 is 11.9 Å². The van der Waals surface area contributed by atoms with Crippen molar-refractivity contribution in [3.63, 3.8) is 0 Å². The Morgan fingerprint density at radius 1 is 1.33 bits per heavy atom. The van der Waals surface area contributed by atoms with Crippen LogP contribution in [-0.4, -0.2) is 18.5 Å². The van der Waals surface area contributed by atoms with Crippen molar-refractivity contribution in [2.75, 3.05) is 6.61 Å². The molecular formula is C17H21NO3. The third-order valence-electron chi connectivity index (χ3n) is 4.46. The van der Waals surface area contributed by atoms with E-state index in [0.717, 1.165) is 25.7 Å². The van der Waals surface area contributed by atoms with Crippen LogP contribution in [0.1, 0.15) is 43.4 Å². The van der Waals surface area contributed by atoms with Gasteiger partial charge >= 0.3 is 5.97 Å². The number of esters is 1. The molecule has 3 rings (SSSR count). The monoisotopic (exact) mass is 287 g/mol. The second-order valence-corrected chi connectivity index (χ2v) is 6.14. The third kappa shape index (κ3) is 3.26. The molecule has 1 fully saturated rings. The van der Waals surface area contributed by atoms with E-state index in [9.17, 15) is 9.59 Å². The number of hydrogen-bond donors (Lipinski definition) is 1. The summed E-state index contributed by atoms with van der Waals surface area (Å²) in [6.07, 6.45) is 3.96. The fourth-order valence-electron chi connectivity index (χ4n) is 3.03. The van der Waals surface area contributed by atoms with Gasteiger partial charge in [-0.25, -0.2) is 0 Å². The van der Waals surface area contributed by atoms with Gasteiger partial charge in [0.15, 0.2) is 6.61 Å². The highest BCUT2D eigenvalue weighted by molar-refractivity contribution is 5.82. The number of nitrogens with one attached hydrogen (secondary N) is 1. The van der Waals surface area contributed by atoms with Crippen molar-refractivity contribution in [1.29, 1.82) is 0 Å². The van der Waals surface area contributed by atoms with Crippen LogP contribution in [0.15, 0.2) is 24.3 Å². The number of amides is 1. The first kappa shape index (κ1) is 14.1. The fourth-order valence-corrected chi connectivity index (χ4v) is 3.03. The maximum absolute atomic E-state index is 12.0. The number of hydrogen-bond acceptors (Lipinski definition) is 3. The Morgan fingerprint density at radius 3 is 2.86 bits per heavy atom. The summed E-state index contributed by atoms with van der Waals surface area (Å²) >= 11 is 0. The van der Waals surface area contributed by atoms with Crippen LogP contribution in [0.2, 0.25) is 0 Å². The van der Waals surface area contributed by atoms with Crippen LogP contribution in [0, 0.1) is 11.8 Å². The normalized spacial score (nSPS) is 26.6. The van der Waals surface area contributed by atoms with Crippen molar-refractivity contribution in [1.82, 2.24) is 5.32 Å². The summed E-state index contributed by atoms with van der Waals surface area (Å²) in [5, 5.41) is 2.98. The molecule has 4 heteroatoms. The molecule has 0 saturated heterocycles. The lowest BCUT2D eigenvalue weighted by atomic mass is 9.88. The molecule has 2 aliphatic carbocycles. The van der Waals surface area contributed by atoms with Gasteiger partial charge in [0.1, 0.15) is 0 Å². The second-order valence-electron chi connectivity index (χ2n) is 6.14. The first-order valence-electron chi connectivity index (χ1n) is 7.69. The molecule has 21 heavy (non-hydrogen) atoms. The minimum absolute atomic E-state index is 0.00760. The predicted octanol–water partition coefficient (Wildman–Crippen LogP) is 2.38. The molecule has 4 nitrogen and oxygen atoms in total. The van der Waals surface area contributed by atoms with Gasteiger partial charge in [-0.05, 0) is 42.7 Å². The van der Waals surface area contributed by atoms with Gasteiger partial charge in [-0.3, -0.25) is 9.59 Å². The molecule has 0 aliphatic heterocycles. The van der Waals surface area contributed by atoms with Crippen LogP contribution in [0.4, 0.5) is 0 Å². The molecule has 0 bridgehead atoms. The van der Waals surface area contributed by atoms with Gasteiger partial charge in [0.05, 0.1) is 12.0 Å². The topological polar surface area (TPSA) is 55.4 Å². The number of carbonyl (C=O) groups excluding carboxylic acids is 2. The molecular weight excluding hydrogens is 266 g/mol. The average Bonchev–Trinajstić information content (AvgIpc) is 3.22. The number of benzene rings is 1. The predicted molar refractivity (Wildman–Crippen MR) is 78.5 cm³/mol. The molecule has 1 amide bonds. The Morgan fingerprint density at radius 2 is 2.10 bits per heavy atom. The van der Waals surface area contributed by atoms with Crippen molar-refractivity contribution in [3.8, 4) is 0 Å². The zero-order valence-electron chi connectivity index (χ0n) is 12.3. The molecule has 0 heterocycles. The first-order chi connectivity index (χ1) is 10.1. The van der Waals surface area contributed by atoms with Crippen LogP contribution in [-0.2, 0) is 20.7 Å². The van der Waals surface area contributed by atoms with E-state index in [2.05, 4.69) is 17.4 Å². The summed E-state index contributed by atoms with van der Waals surface area (Å²) in [7, 11) is 0. The van der Waals surface area contributed by atoms with E-state index >= 15 is 0 Å². The van der Waals surface area contributed by atoms with Crippen LogP contribution >= 0.6 is 0 Å². The van der Waals surface area contributed by atoms with Gasteiger partial charge in [-0.1, -0.05) is 31.2 Å². The zero-order chi connectivity index (χ0) is 14.8. The van der Waals surface area contributed by atoms with Crippen LogP contribution < -0.4 is 5.32 Å². The highest BCUT2D eigenvalue weighted by Crippen LogP contribution is 2.38. The summed E-state index contributed by atoms with van der Waals surface area (Å²) < 4.78 is 5.08. The highest BCUT2D eigenvalue weighted by Gasteiger charge is 2.40. The molecule has 2 aliphatic rings. The number of ether oxygens (including phenoxy) is 1. The molecule has 112 valence electrons. The van der Waals surface area contributed by atoms with E-state index in [1.54, 1.807) is 0 Å². The minimum atomic E-state index is -0.235. The maximum Gasteiger partial charge on any atom is 0.309 e. The lowest BCUT2D eigenvalue weighted by Crippen LogP contribution is -2.34. The number of rotatable bonds is 4. The minimum Gasteiger partial charge on any atom is -0.455 e. The van der Waals surface area contributed by atoms with Gasteiger partial charge in [0.2, 0.25) is 0 Å². The van der Waals surface area contributed by atoms with Gasteiger partial charge in [-0.15, -0.1) is 0 Å². The first-order valence-corrected chi connectivity index (χ1v) is 7.69. The third-order valence-corrected chi connectivity index (χ3v) is 4.46. The van der Waals surface area contributed by atoms with Crippen LogP contribution in [0.3, 0.4) is 0 Å².